The minimum absolute atomic E-state index is 0.959. The van der Waals surface area contributed by atoms with Crippen molar-refractivity contribution >= 4 is 0 Å². The zero-order valence-corrected chi connectivity index (χ0v) is 8.27. The lowest BCUT2D eigenvalue weighted by molar-refractivity contribution is 0.327. The van der Waals surface area contributed by atoms with Gasteiger partial charge in [-0.15, -0.1) is 0 Å². The Kier molecular flexibility index (Phi) is 3.42. The molecule has 0 spiro atoms. The van der Waals surface area contributed by atoms with Crippen LogP contribution in [-0.2, 0) is 0 Å². The summed E-state index contributed by atoms with van der Waals surface area (Å²) in [5, 5.41) is 0. The molecule has 0 aromatic rings. The van der Waals surface area contributed by atoms with Gasteiger partial charge in [0.05, 0.1) is 0 Å². The quantitative estimate of drug-likeness (QED) is 0.564. The monoisotopic (exact) mass is 154 g/mol. The Balaban J connectivity index is 2.10. The number of hydrogen-bond acceptors (Lipinski definition) is 0. The predicted octanol–water partition coefficient (Wildman–Crippen LogP) is 3.86. The minimum atomic E-state index is 0.959. The lowest BCUT2D eigenvalue weighted by atomic mass is 9.88. The number of hydrogen-bond donors (Lipinski definition) is 0. The van der Waals surface area contributed by atoms with Crippen LogP contribution in [0.5, 0.6) is 0 Å². The van der Waals surface area contributed by atoms with Crippen molar-refractivity contribution in [3.63, 3.8) is 0 Å². The third-order valence-electron chi connectivity index (χ3n) is 3.12. The van der Waals surface area contributed by atoms with Crippen LogP contribution in [0.25, 0.3) is 0 Å². The van der Waals surface area contributed by atoms with Crippen LogP contribution in [0.1, 0.15) is 52.9 Å². The van der Waals surface area contributed by atoms with Crippen LogP contribution in [0.3, 0.4) is 0 Å². The molecule has 0 aromatic heterocycles. The van der Waals surface area contributed by atoms with Crippen molar-refractivity contribution < 1.29 is 0 Å². The molecule has 0 aliphatic heterocycles. The van der Waals surface area contributed by atoms with Gasteiger partial charge in [-0.25, -0.2) is 0 Å². The van der Waals surface area contributed by atoms with Gasteiger partial charge in [0, 0.05) is 0 Å². The summed E-state index contributed by atoms with van der Waals surface area (Å²) in [5.74, 6) is 3.05. The molecule has 1 aliphatic carbocycles. The summed E-state index contributed by atoms with van der Waals surface area (Å²) in [6.45, 7) is 7.13. The lowest BCUT2D eigenvalue weighted by Gasteiger charge is -2.18. The molecule has 1 fully saturated rings. The van der Waals surface area contributed by atoms with Gasteiger partial charge in [-0.05, 0) is 24.2 Å². The first kappa shape index (κ1) is 9.09. The van der Waals surface area contributed by atoms with Gasteiger partial charge in [-0.2, -0.15) is 0 Å². The summed E-state index contributed by atoms with van der Waals surface area (Å²) in [7, 11) is 0. The maximum absolute atomic E-state index is 2.43. The van der Waals surface area contributed by atoms with E-state index in [4.69, 9.17) is 0 Å². The highest BCUT2D eigenvalue weighted by atomic mass is 14.3. The summed E-state index contributed by atoms with van der Waals surface area (Å²) in [4.78, 5) is 0. The molecule has 0 heterocycles. The van der Waals surface area contributed by atoms with E-state index >= 15 is 0 Å². The van der Waals surface area contributed by atoms with Gasteiger partial charge in [0.15, 0.2) is 0 Å². The Labute approximate surface area is 71.4 Å². The molecule has 0 aromatic carbocycles. The molecule has 0 bridgehead atoms. The maximum Gasteiger partial charge on any atom is -0.0411 e. The molecule has 0 radical (unpaired) electrons. The van der Waals surface area contributed by atoms with Gasteiger partial charge in [0.25, 0.3) is 0 Å². The molecule has 1 rings (SSSR count). The first-order chi connectivity index (χ1) is 5.24. The van der Waals surface area contributed by atoms with Crippen molar-refractivity contribution in [1.82, 2.24) is 0 Å². The van der Waals surface area contributed by atoms with Crippen molar-refractivity contribution in [2.75, 3.05) is 0 Å². The van der Waals surface area contributed by atoms with Gasteiger partial charge in [0.2, 0.25) is 0 Å². The fourth-order valence-corrected chi connectivity index (χ4v) is 1.85. The Bertz CT molecular complexity index is 103. The molecule has 1 aliphatic rings. The zero-order chi connectivity index (χ0) is 8.27. The van der Waals surface area contributed by atoms with E-state index in [1.807, 2.05) is 0 Å². The molecular weight excluding hydrogens is 132 g/mol. The third kappa shape index (κ3) is 3.27. The van der Waals surface area contributed by atoms with E-state index in [9.17, 15) is 0 Å². The van der Waals surface area contributed by atoms with E-state index in [1.54, 1.807) is 0 Å². The van der Waals surface area contributed by atoms with Crippen LogP contribution < -0.4 is 0 Å². The van der Waals surface area contributed by atoms with Gasteiger partial charge in [-0.1, -0.05) is 46.5 Å². The SMILES string of the molecule is CCCC(C)C(C)CC1CC1. The fraction of sp³-hybridized carbons (Fsp3) is 1.00. The highest BCUT2D eigenvalue weighted by Crippen LogP contribution is 2.37. The van der Waals surface area contributed by atoms with Gasteiger partial charge >= 0.3 is 0 Å². The van der Waals surface area contributed by atoms with Crippen LogP contribution in [-0.4, -0.2) is 0 Å². The highest BCUT2D eigenvalue weighted by molar-refractivity contribution is 4.76. The molecule has 11 heavy (non-hydrogen) atoms. The van der Waals surface area contributed by atoms with Crippen LogP contribution in [0.15, 0.2) is 0 Å². The first-order valence-electron chi connectivity index (χ1n) is 5.24. The Morgan fingerprint density at radius 1 is 1.18 bits per heavy atom. The normalized spacial score (nSPS) is 23.2. The van der Waals surface area contributed by atoms with E-state index in [-0.39, 0.29) is 0 Å². The third-order valence-corrected chi connectivity index (χ3v) is 3.12. The molecule has 2 unspecified atom stereocenters. The summed E-state index contributed by atoms with van der Waals surface area (Å²) in [6.07, 6.45) is 7.32. The molecular formula is C11H22. The van der Waals surface area contributed by atoms with Crippen LogP contribution >= 0.6 is 0 Å². The fourth-order valence-electron chi connectivity index (χ4n) is 1.85. The summed E-state index contributed by atoms with van der Waals surface area (Å²) < 4.78 is 0. The molecule has 0 saturated heterocycles. The van der Waals surface area contributed by atoms with Crippen molar-refractivity contribution in [2.45, 2.75) is 52.9 Å². The van der Waals surface area contributed by atoms with E-state index in [0.717, 1.165) is 17.8 Å². The molecule has 0 N–H and O–H groups in total. The Hall–Kier alpha value is 0. The highest BCUT2D eigenvalue weighted by Gasteiger charge is 2.25. The second kappa shape index (κ2) is 4.13. The largest absolute Gasteiger partial charge is 0.0654 e. The topological polar surface area (TPSA) is 0 Å². The smallest absolute Gasteiger partial charge is 0.0411 e. The van der Waals surface area contributed by atoms with Gasteiger partial charge in [0.1, 0.15) is 0 Å². The van der Waals surface area contributed by atoms with E-state index < -0.39 is 0 Å². The van der Waals surface area contributed by atoms with Crippen molar-refractivity contribution in [3.05, 3.63) is 0 Å². The second-order valence-corrected chi connectivity index (χ2v) is 4.42. The molecule has 0 amide bonds. The van der Waals surface area contributed by atoms with Crippen LogP contribution in [0, 0.1) is 17.8 Å². The number of rotatable bonds is 5. The molecule has 0 heteroatoms. The van der Waals surface area contributed by atoms with Crippen LogP contribution in [0.2, 0.25) is 0 Å². The molecule has 66 valence electrons. The summed E-state index contributed by atoms with van der Waals surface area (Å²) in [6, 6.07) is 0. The first-order valence-corrected chi connectivity index (χ1v) is 5.24. The van der Waals surface area contributed by atoms with Crippen molar-refractivity contribution in [1.29, 1.82) is 0 Å². The Morgan fingerprint density at radius 2 is 1.82 bits per heavy atom. The van der Waals surface area contributed by atoms with E-state index in [2.05, 4.69) is 20.8 Å². The molecule has 0 nitrogen and oxygen atoms in total. The van der Waals surface area contributed by atoms with Gasteiger partial charge < -0.3 is 0 Å². The Morgan fingerprint density at radius 3 is 2.27 bits per heavy atom. The van der Waals surface area contributed by atoms with Crippen molar-refractivity contribution in [3.8, 4) is 0 Å². The second-order valence-electron chi connectivity index (χ2n) is 4.42. The van der Waals surface area contributed by atoms with Gasteiger partial charge in [-0.3, -0.25) is 0 Å². The predicted molar refractivity (Wildman–Crippen MR) is 50.6 cm³/mol. The lowest BCUT2D eigenvalue weighted by Crippen LogP contribution is -2.08. The van der Waals surface area contributed by atoms with E-state index in [1.165, 1.54) is 32.1 Å². The average Bonchev–Trinajstić information content (AvgIpc) is 2.72. The average molecular weight is 154 g/mol. The maximum atomic E-state index is 2.43. The molecule has 2 atom stereocenters. The van der Waals surface area contributed by atoms with Crippen molar-refractivity contribution in [2.24, 2.45) is 17.8 Å². The standard InChI is InChI=1S/C11H22/c1-4-5-9(2)10(3)8-11-6-7-11/h9-11H,4-8H2,1-3H3. The summed E-state index contributed by atoms with van der Waals surface area (Å²) >= 11 is 0. The summed E-state index contributed by atoms with van der Waals surface area (Å²) in [5.41, 5.74) is 0. The van der Waals surface area contributed by atoms with Crippen LogP contribution in [0.4, 0.5) is 0 Å². The zero-order valence-electron chi connectivity index (χ0n) is 8.27. The van der Waals surface area contributed by atoms with E-state index in [0.29, 0.717) is 0 Å². The molecule has 1 saturated carbocycles. The minimum Gasteiger partial charge on any atom is -0.0654 e.